The van der Waals surface area contributed by atoms with E-state index in [-0.39, 0.29) is 18.4 Å². The lowest BCUT2D eigenvalue weighted by atomic mass is 10.1. The molecule has 0 aliphatic heterocycles. The van der Waals surface area contributed by atoms with E-state index in [0.29, 0.717) is 36.9 Å². The third-order valence-electron chi connectivity index (χ3n) is 5.62. The Labute approximate surface area is 193 Å². The Morgan fingerprint density at radius 1 is 0.938 bits per heavy atom. The zero-order chi connectivity index (χ0) is 22.3. The van der Waals surface area contributed by atoms with Crippen LogP contribution in [-0.2, 0) is 17.9 Å². The van der Waals surface area contributed by atoms with Crippen LogP contribution in [0.1, 0.15) is 33.6 Å². The van der Waals surface area contributed by atoms with Gasteiger partial charge in [0.2, 0.25) is 5.91 Å². The molecule has 0 saturated heterocycles. The van der Waals surface area contributed by atoms with Gasteiger partial charge in [-0.3, -0.25) is 9.59 Å². The van der Waals surface area contributed by atoms with Gasteiger partial charge in [0.25, 0.3) is 5.91 Å². The van der Waals surface area contributed by atoms with E-state index in [9.17, 15) is 9.59 Å². The summed E-state index contributed by atoms with van der Waals surface area (Å²) in [6.07, 6.45) is 2.23. The highest BCUT2D eigenvalue weighted by Gasteiger charge is 2.30. The maximum absolute atomic E-state index is 13.4. The summed E-state index contributed by atoms with van der Waals surface area (Å²) in [5.41, 5.74) is 1.65. The molecule has 1 aromatic heterocycles. The van der Waals surface area contributed by atoms with E-state index in [1.807, 2.05) is 52.7 Å². The number of amides is 2. The molecular weight excluding hydrogens is 420 g/mol. The number of nitrogens with zero attached hydrogens (tertiary/aromatic N) is 2. The van der Waals surface area contributed by atoms with Gasteiger partial charge < -0.3 is 14.5 Å². The maximum atomic E-state index is 13.4. The predicted molar refractivity (Wildman–Crippen MR) is 127 cm³/mol. The van der Waals surface area contributed by atoms with Gasteiger partial charge in [-0.2, -0.15) is 0 Å². The Balaban J connectivity index is 1.51. The summed E-state index contributed by atoms with van der Waals surface area (Å²) in [6, 6.07) is 21.1. The number of carbonyl (C=O) groups excluding carboxylic acids is 2. The van der Waals surface area contributed by atoms with Gasteiger partial charge in [-0.05, 0) is 60.0 Å². The van der Waals surface area contributed by atoms with Crippen molar-refractivity contribution in [2.45, 2.75) is 25.9 Å². The van der Waals surface area contributed by atoms with Crippen LogP contribution in [0.25, 0.3) is 0 Å². The lowest BCUT2D eigenvalue weighted by Crippen LogP contribution is -2.43. The molecule has 2 aromatic carbocycles. The molecule has 166 valence electrons. The molecule has 5 nitrogen and oxygen atoms in total. The highest BCUT2D eigenvalue weighted by molar-refractivity contribution is 7.09. The van der Waals surface area contributed by atoms with Gasteiger partial charge >= 0.3 is 0 Å². The summed E-state index contributed by atoms with van der Waals surface area (Å²) in [7, 11) is 1.60. The second-order valence-electron chi connectivity index (χ2n) is 8.17. The highest BCUT2D eigenvalue weighted by atomic mass is 32.1. The Bertz CT molecular complexity index is 1010. The minimum atomic E-state index is -0.108. The third-order valence-corrected chi connectivity index (χ3v) is 6.48. The van der Waals surface area contributed by atoms with Crippen LogP contribution >= 0.6 is 11.3 Å². The van der Waals surface area contributed by atoms with Gasteiger partial charge in [-0.15, -0.1) is 11.3 Å². The Morgan fingerprint density at radius 3 is 2.31 bits per heavy atom. The monoisotopic (exact) mass is 448 g/mol. The Morgan fingerprint density at radius 2 is 1.69 bits per heavy atom. The molecule has 2 amide bonds. The predicted octanol–water partition coefficient (Wildman–Crippen LogP) is 4.84. The quantitative estimate of drug-likeness (QED) is 0.446. The van der Waals surface area contributed by atoms with E-state index in [2.05, 4.69) is 0 Å². The number of thiophene rings is 1. The molecule has 1 aliphatic rings. The van der Waals surface area contributed by atoms with E-state index >= 15 is 0 Å². The zero-order valence-electron chi connectivity index (χ0n) is 18.3. The van der Waals surface area contributed by atoms with Gasteiger partial charge in [-0.25, -0.2) is 0 Å². The number of benzene rings is 2. The van der Waals surface area contributed by atoms with Crippen molar-refractivity contribution in [3.05, 3.63) is 88.1 Å². The summed E-state index contributed by atoms with van der Waals surface area (Å²) in [5.74, 6) is 1.05. The van der Waals surface area contributed by atoms with Gasteiger partial charge in [0.15, 0.2) is 0 Å². The molecule has 1 saturated carbocycles. The number of hydrogen-bond acceptors (Lipinski definition) is 4. The van der Waals surface area contributed by atoms with Crippen molar-refractivity contribution in [1.82, 2.24) is 9.80 Å². The number of methoxy groups -OCH3 is 1. The van der Waals surface area contributed by atoms with Crippen LogP contribution in [0.15, 0.2) is 72.1 Å². The molecule has 1 aliphatic carbocycles. The van der Waals surface area contributed by atoms with Crippen molar-refractivity contribution in [2.75, 3.05) is 20.2 Å². The van der Waals surface area contributed by atoms with E-state index < -0.39 is 0 Å². The standard InChI is InChI=1S/C26H28N2O3S/c1-31-23-13-11-22(12-14-23)26(30)28(17-21-9-10-21)19-25(29)27(18-24-8-5-15-32-24)16-20-6-3-2-4-7-20/h2-8,11-15,21H,9-10,16-19H2,1H3. The number of ether oxygens (including phenoxy) is 1. The molecule has 3 aromatic rings. The minimum absolute atomic E-state index is 0.0373. The lowest BCUT2D eigenvalue weighted by molar-refractivity contribution is -0.133. The van der Waals surface area contributed by atoms with Gasteiger partial charge in [0, 0.05) is 23.5 Å². The van der Waals surface area contributed by atoms with Crippen LogP contribution in [0.2, 0.25) is 0 Å². The normalized spacial score (nSPS) is 12.9. The lowest BCUT2D eigenvalue weighted by Gasteiger charge is -2.28. The molecule has 0 radical (unpaired) electrons. The van der Waals surface area contributed by atoms with Crippen LogP contribution in [-0.4, -0.2) is 41.8 Å². The fraction of sp³-hybridized carbons (Fsp3) is 0.308. The van der Waals surface area contributed by atoms with E-state index in [1.165, 1.54) is 0 Å². The molecule has 4 rings (SSSR count). The van der Waals surface area contributed by atoms with Crippen LogP contribution in [0.5, 0.6) is 5.75 Å². The number of rotatable bonds is 10. The van der Waals surface area contributed by atoms with Crippen molar-refractivity contribution in [2.24, 2.45) is 5.92 Å². The molecule has 0 bridgehead atoms. The van der Waals surface area contributed by atoms with Crippen LogP contribution in [0, 0.1) is 5.92 Å². The second kappa shape index (κ2) is 10.5. The summed E-state index contributed by atoms with van der Waals surface area (Å²) in [4.78, 5) is 31.4. The van der Waals surface area contributed by atoms with Crippen LogP contribution in [0.3, 0.4) is 0 Å². The number of carbonyl (C=O) groups is 2. The first-order chi connectivity index (χ1) is 15.6. The number of hydrogen-bond donors (Lipinski definition) is 0. The summed E-state index contributed by atoms with van der Waals surface area (Å²) in [6.45, 7) is 1.76. The highest BCUT2D eigenvalue weighted by Crippen LogP contribution is 2.30. The van der Waals surface area contributed by atoms with Crippen molar-refractivity contribution in [3.8, 4) is 5.75 Å². The second-order valence-corrected chi connectivity index (χ2v) is 9.20. The smallest absolute Gasteiger partial charge is 0.254 e. The molecule has 6 heteroatoms. The summed E-state index contributed by atoms with van der Waals surface area (Å²) in [5, 5.41) is 2.02. The minimum Gasteiger partial charge on any atom is -0.497 e. The van der Waals surface area contributed by atoms with Gasteiger partial charge in [-0.1, -0.05) is 36.4 Å². The molecule has 0 spiro atoms. The largest absolute Gasteiger partial charge is 0.497 e. The average molecular weight is 449 g/mol. The summed E-state index contributed by atoms with van der Waals surface area (Å²) < 4.78 is 5.20. The summed E-state index contributed by atoms with van der Waals surface area (Å²) >= 11 is 1.64. The van der Waals surface area contributed by atoms with Crippen LogP contribution < -0.4 is 4.74 Å². The first kappa shape index (κ1) is 22.1. The van der Waals surface area contributed by atoms with E-state index in [4.69, 9.17) is 4.74 Å². The van der Waals surface area contributed by atoms with Gasteiger partial charge in [0.1, 0.15) is 12.3 Å². The first-order valence-corrected chi connectivity index (χ1v) is 11.8. The zero-order valence-corrected chi connectivity index (χ0v) is 19.1. The Kier molecular flexibility index (Phi) is 7.22. The molecule has 1 fully saturated rings. The van der Waals surface area contributed by atoms with Crippen molar-refractivity contribution >= 4 is 23.2 Å². The molecule has 0 unspecified atom stereocenters. The van der Waals surface area contributed by atoms with Crippen molar-refractivity contribution < 1.29 is 14.3 Å². The topological polar surface area (TPSA) is 49.9 Å². The fourth-order valence-corrected chi connectivity index (χ4v) is 4.36. The Hall–Kier alpha value is -3.12. The first-order valence-electron chi connectivity index (χ1n) is 10.9. The van der Waals surface area contributed by atoms with Gasteiger partial charge in [0.05, 0.1) is 13.7 Å². The van der Waals surface area contributed by atoms with E-state index in [0.717, 1.165) is 23.3 Å². The third kappa shape index (κ3) is 5.98. The molecule has 1 heterocycles. The van der Waals surface area contributed by atoms with E-state index in [1.54, 1.807) is 47.6 Å². The fourth-order valence-electron chi connectivity index (χ4n) is 3.64. The molecule has 0 N–H and O–H groups in total. The average Bonchev–Trinajstić information content (AvgIpc) is 3.50. The van der Waals surface area contributed by atoms with Crippen LogP contribution in [0.4, 0.5) is 0 Å². The molecular formula is C26H28N2O3S. The van der Waals surface area contributed by atoms with Crippen molar-refractivity contribution in [1.29, 1.82) is 0 Å². The van der Waals surface area contributed by atoms with Crippen molar-refractivity contribution in [3.63, 3.8) is 0 Å². The molecule has 0 atom stereocenters. The SMILES string of the molecule is COc1ccc(C(=O)N(CC(=O)N(Cc2ccccc2)Cc2cccs2)CC2CC2)cc1. The molecule has 32 heavy (non-hydrogen) atoms. The maximum Gasteiger partial charge on any atom is 0.254 e.